The largest absolute Gasteiger partial charge is 0.496 e. The summed E-state index contributed by atoms with van der Waals surface area (Å²) in [7, 11) is 4.54. The van der Waals surface area contributed by atoms with Gasteiger partial charge in [-0.1, -0.05) is 71.1 Å². The van der Waals surface area contributed by atoms with E-state index in [0.717, 1.165) is 27.9 Å². The van der Waals surface area contributed by atoms with Crippen molar-refractivity contribution in [2.75, 3.05) is 77.2 Å². The quantitative estimate of drug-likeness (QED) is 0.0866. The summed E-state index contributed by atoms with van der Waals surface area (Å²) in [6.45, 7) is 20.6. The Hall–Kier alpha value is -6.34. The molecule has 7 heterocycles. The van der Waals surface area contributed by atoms with Crippen LogP contribution < -0.4 is 14.5 Å². The third-order valence-corrected chi connectivity index (χ3v) is 21.0. The van der Waals surface area contributed by atoms with Crippen molar-refractivity contribution in [2.45, 2.75) is 213 Å². The Balaban J connectivity index is 1.02. The number of ether oxygens (including phenoxy) is 8. The lowest BCUT2D eigenvalue weighted by Gasteiger charge is -2.43. The molecule has 5 fully saturated rings. The minimum absolute atomic E-state index is 0.0370. The van der Waals surface area contributed by atoms with Crippen molar-refractivity contribution in [3.63, 3.8) is 0 Å². The monoisotopic (exact) mass is 1350 g/mol. The fourth-order valence-corrected chi connectivity index (χ4v) is 14.8. The number of carbonyl (C=O) groups excluding carboxylic acids is 5. The number of aliphatic hydroxyl groups is 3. The molecule has 1 unspecified atom stereocenters. The molecule has 9 rings (SSSR count). The standard InChI is InChI=1S/C75H106N6O16/c1-44-18-14-13-15-19-45(2)63(95-43-55-38-54(23-28-62(55)90-10)58-26-25-57-70(76-58)77-74(80-31-33-94-42-52(80)9)78-71(57)79-30-32-93-41-51(79)8)39-56-24-21-50(7)75(89,97-56)69(86)72(87)81-29-17-16-20-59(81)73(88)96-64(47(4)36-53-22-27-60(82)65(37-53)91-11)40-61(83)46(3)35-49(6)67(85)68(92-12)66(84)48(5)34-44/h13-15,18-19,23,25-26,28,35,38,44,46-48,50-53,56,59-60,63-65,67-68,82,85,89H,16-17,20-22,24,27,29-34,36-37,39-43H2,1-12H3/b15-13+,18-14+,45-19-,49-35+/t44-,46-,47?,48-,50-,51+,52+,53-,56+,59+,60-,63-,64+,65-,67-,68+,75-/m1/s1. The number of benzene rings is 1. The molecule has 97 heavy (non-hydrogen) atoms. The van der Waals surface area contributed by atoms with E-state index in [-0.39, 0.29) is 79.9 Å². The highest BCUT2D eigenvalue weighted by atomic mass is 16.6. The number of nitrogens with zero attached hydrogens (tertiary/aromatic N) is 6. The number of methoxy groups -OCH3 is 3. The van der Waals surface area contributed by atoms with E-state index in [1.165, 1.54) is 12.0 Å². The number of hydrogen-bond donors (Lipinski definition) is 3. The predicted molar refractivity (Wildman–Crippen MR) is 367 cm³/mol. The number of hydrogen-bond acceptors (Lipinski definition) is 21. The van der Waals surface area contributed by atoms with Crippen LogP contribution in [0.5, 0.6) is 5.75 Å². The van der Waals surface area contributed by atoms with Crippen LogP contribution in [-0.2, 0) is 63.7 Å². The SMILES string of the molecule is COc1ccc(-c2ccc3c(N4CCOC[C@@H]4C)nc(N4CCOC[C@@H]4C)nc3n2)cc1CO[C@@H]1C[C@@H]2CC[C@@H](C)[C@@](O)(O2)C(=O)C(=O)N2CCCC[C@H]2C(=O)O[C@H](C(C)C[C@H]2CC[C@@H](O)[C@H](OC)C2)CC(=O)[C@H](C)/C=C(\C)[C@@H](O)[C@@H](OC)C(=O)[C@H](C)C[C@H](C)/C=C/C=C/C=C\1C. The van der Waals surface area contributed by atoms with Gasteiger partial charge in [-0.25, -0.2) is 9.78 Å². The molecule has 6 aliphatic rings. The predicted octanol–water partition coefficient (Wildman–Crippen LogP) is 9.22. The summed E-state index contributed by atoms with van der Waals surface area (Å²) in [5, 5.41) is 35.7. The van der Waals surface area contributed by atoms with Gasteiger partial charge in [-0.2, -0.15) is 9.97 Å². The number of carbonyl (C=O) groups is 5. The second-order valence-electron chi connectivity index (χ2n) is 28.3. The van der Waals surface area contributed by atoms with Gasteiger partial charge in [0.25, 0.3) is 11.7 Å². The zero-order valence-corrected chi connectivity index (χ0v) is 59.1. The molecular formula is C75H106N6O16. The highest BCUT2D eigenvalue weighted by molar-refractivity contribution is 6.39. The zero-order valence-electron chi connectivity index (χ0n) is 59.1. The van der Waals surface area contributed by atoms with E-state index in [1.807, 2.05) is 88.4 Å². The van der Waals surface area contributed by atoms with Crippen LogP contribution >= 0.6 is 0 Å². The second kappa shape index (κ2) is 34.1. The van der Waals surface area contributed by atoms with Gasteiger partial charge in [-0.3, -0.25) is 19.2 Å². The van der Waals surface area contributed by atoms with Crippen LogP contribution in [0, 0.1) is 35.5 Å². The van der Waals surface area contributed by atoms with Crippen molar-refractivity contribution >= 4 is 52.0 Å². The maximum atomic E-state index is 14.9. The maximum Gasteiger partial charge on any atom is 0.329 e. The lowest BCUT2D eigenvalue weighted by molar-refractivity contribution is -0.266. The molecule has 1 saturated carbocycles. The molecule has 17 atom stereocenters. The molecule has 22 nitrogen and oxygen atoms in total. The smallest absolute Gasteiger partial charge is 0.329 e. The topological polar surface area (TPSA) is 268 Å². The first-order valence-electron chi connectivity index (χ1n) is 35.2. The van der Waals surface area contributed by atoms with Crippen LogP contribution in [0.3, 0.4) is 0 Å². The number of fused-ring (bicyclic) bond motifs is 4. The third-order valence-electron chi connectivity index (χ3n) is 21.0. The van der Waals surface area contributed by atoms with Crippen molar-refractivity contribution < 1.29 is 77.2 Å². The van der Waals surface area contributed by atoms with Crippen LogP contribution in [-0.4, -0.2) is 198 Å². The second-order valence-corrected chi connectivity index (χ2v) is 28.3. The Labute approximate surface area is 572 Å². The highest BCUT2D eigenvalue weighted by Crippen LogP contribution is 2.40. The Bertz CT molecular complexity index is 3360. The Morgan fingerprint density at radius 1 is 0.763 bits per heavy atom. The van der Waals surface area contributed by atoms with Crippen LogP contribution in [0.15, 0.2) is 77.9 Å². The molecule has 0 radical (unpaired) electrons. The lowest BCUT2D eigenvalue weighted by atomic mass is 9.78. The van der Waals surface area contributed by atoms with Crippen LogP contribution in [0.1, 0.15) is 145 Å². The average molecular weight is 1350 g/mol. The summed E-state index contributed by atoms with van der Waals surface area (Å²) in [6, 6.07) is 8.75. The van der Waals surface area contributed by atoms with E-state index in [2.05, 4.69) is 23.6 Å². The number of anilines is 2. The number of rotatable bonds is 12. The number of Topliss-reactive ketones (excluding diaryl/α,β-unsaturated/α-hetero) is 3. The highest BCUT2D eigenvalue weighted by Gasteiger charge is 2.53. The number of amides is 1. The molecule has 1 aromatic carbocycles. The van der Waals surface area contributed by atoms with Gasteiger partial charge in [-0.05, 0) is 151 Å². The normalized spacial score (nSPS) is 34.4. The van der Waals surface area contributed by atoms with E-state index in [4.69, 9.17) is 52.8 Å². The van der Waals surface area contributed by atoms with Crippen molar-refractivity contribution in [1.82, 2.24) is 19.9 Å². The summed E-state index contributed by atoms with van der Waals surface area (Å²) in [6.07, 6.45) is 9.94. The van der Waals surface area contributed by atoms with Gasteiger partial charge in [0.15, 0.2) is 11.4 Å². The fraction of sp³-hybridized carbons (Fsp3) is 0.653. The summed E-state index contributed by atoms with van der Waals surface area (Å²) in [4.78, 5) is 94.1. The summed E-state index contributed by atoms with van der Waals surface area (Å²) in [5.74, 6) is -6.66. The van der Waals surface area contributed by atoms with Gasteiger partial charge in [0, 0.05) is 75.6 Å². The Morgan fingerprint density at radius 2 is 1.51 bits per heavy atom. The first kappa shape index (κ1) is 74.9. The minimum Gasteiger partial charge on any atom is -0.496 e. The molecule has 3 N–H and O–H groups in total. The van der Waals surface area contributed by atoms with Gasteiger partial charge in [0.05, 0.1) is 87.7 Å². The molecule has 3 aromatic rings. The maximum absolute atomic E-state index is 14.9. The van der Waals surface area contributed by atoms with Crippen molar-refractivity contribution in [2.24, 2.45) is 35.5 Å². The number of esters is 1. The molecule has 4 saturated heterocycles. The van der Waals surface area contributed by atoms with E-state index < -0.39 is 83.9 Å². The lowest BCUT2D eigenvalue weighted by Crippen LogP contribution is -2.61. The summed E-state index contributed by atoms with van der Waals surface area (Å²) in [5.41, 5.74) is 3.89. The van der Waals surface area contributed by atoms with Gasteiger partial charge >= 0.3 is 5.97 Å². The molecule has 22 heteroatoms. The molecular weight excluding hydrogens is 1240 g/mol. The van der Waals surface area contributed by atoms with Gasteiger partial charge in [0.1, 0.15) is 41.7 Å². The first-order valence-corrected chi connectivity index (χ1v) is 35.2. The molecule has 2 bridgehead atoms. The van der Waals surface area contributed by atoms with Crippen molar-refractivity contribution in [1.29, 1.82) is 0 Å². The van der Waals surface area contributed by atoms with Crippen molar-refractivity contribution in [3.8, 4) is 17.0 Å². The first-order chi connectivity index (χ1) is 46.4. The molecule has 1 aliphatic carbocycles. The summed E-state index contributed by atoms with van der Waals surface area (Å²) >= 11 is 0. The van der Waals surface area contributed by atoms with Crippen molar-refractivity contribution in [3.05, 3.63) is 83.5 Å². The van der Waals surface area contributed by atoms with Gasteiger partial charge in [0.2, 0.25) is 11.7 Å². The van der Waals surface area contributed by atoms with Gasteiger partial charge < -0.3 is 67.9 Å². The van der Waals surface area contributed by atoms with Crippen LogP contribution in [0.4, 0.5) is 11.8 Å². The molecule has 2 aromatic heterocycles. The van der Waals surface area contributed by atoms with E-state index >= 15 is 0 Å². The van der Waals surface area contributed by atoms with E-state index in [1.54, 1.807) is 41.1 Å². The number of pyridine rings is 1. The van der Waals surface area contributed by atoms with E-state index in [9.17, 15) is 39.3 Å². The number of aromatic nitrogens is 3. The fourth-order valence-electron chi connectivity index (χ4n) is 14.8. The number of morpholine rings is 2. The zero-order chi connectivity index (χ0) is 69.8. The van der Waals surface area contributed by atoms with E-state index in [0.29, 0.717) is 126 Å². The molecule has 532 valence electrons. The number of aliphatic hydroxyl groups excluding tert-OH is 2. The number of ketones is 3. The third kappa shape index (κ3) is 18.2. The minimum atomic E-state index is -2.56. The molecule has 5 aliphatic heterocycles. The Kier molecular flexibility index (Phi) is 26.4. The molecule has 1 amide bonds. The van der Waals surface area contributed by atoms with Gasteiger partial charge in [-0.15, -0.1) is 0 Å². The number of cyclic esters (lactones) is 1. The molecule has 0 spiro atoms. The average Bonchev–Trinajstić information content (AvgIpc) is 0.774. The van der Waals surface area contributed by atoms with Crippen LogP contribution in [0.25, 0.3) is 22.3 Å². The number of allylic oxidation sites excluding steroid dienone is 6. The van der Waals surface area contributed by atoms with Crippen LogP contribution in [0.2, 0.25) is 0 Å². The number of piperidine rings is 1. The summed E-state index contributed by atoms with van der Waals surface area (Å²) < 4.78 is 48.7. The Morgan fingerprint density at radius 3 is 2.22 bits per heavy atom.